The lowest BCUT2D eigenvalue weighted by Crippen LogP contribution is -2.21. The predicted octanol–water partition coefficient (Wildman–Crippen LogP) is 2.56. The van der Waals surface area contributed by atoms with Crippen molar-refractivity contribution in [1.82, 2.24) is 10.3 Å². The van der Waals surface area contributed by atoms with Gasteiger partial charge in [0.1, 0.15) is 6.61 Å². The van der Waals surface area contributed by atoms with Gasteiger partial charge in [-0.05, 0) is 26.3 Å². The van der Waals surface area contributed by atoms with Gasteiger partial charge in [-0.15, -0.1) is 11.3 Å². The van der Waals surface area contributed by atoms with Gasteiger partial charge in [-0.25, -0.2) is 13.8 Å². The first kappa shape index (κ1) is 13.8. The third-order valence-electron chi connectivity index (χ3n) is 3.05. The molecule has 3 nitrogen and oxygen atoms in total. The molecule has 1 N–H and O–H groups in total. The van der Waals surface area contributed by atoms with Crippen molar-refractivity contribution in [3.63, 3.8) is 0 Å². The number of halogens is 2. The number of rotatable bonds is 6. The molecule has 0 spiro atoms. The highest BCUT2D eigenvalue weighted by atomic mass is 32.1. The molecule has 6 heteroatoms. The van der Waals surface area contributed by atoms with Crippen molar-refractivity contribution in [3.05, 3.63) is 15.6 Å². The molecule has 0 bridgehead atoms. The van der Waals surface area contributed by atoms with E-state index in [9.17, 15) is 8.78 Å². The van der Waals surface area contributed by atoms with E-state index >= 15 is 0 Å². The molecule has 0 amide bonds. The maximum Gasteiger partial charge on any atom is 0.261 e. The van der Waals surface area contributed by atoms with Crippen LogP contribution in [0, 0.1) is 0 Å². The molecule has 2 rings (SSSR count). The highest BCUT2D eigenvalue weighted by Crippen LogP contribution is 2.33. The van der Waals surface area contributed by atoms with Crippen molar-refractivity contribution in [3.8, 4) is 0 Å². The molecule has 1 atom stereocenters. The summed E-state index contributed by atoms with van der Waals surface area (Å²) in [6.45, 7) is -0.162. The Bertz CT molecular complexity index is 384. The van der Waals surface area contributed by atoms with Crippen molar-refractivity contribution in [2.45, 2.75) is 38.2 Å². The Morgan fingerprint density at radius 3 is 3.11 bits per heavy atom. The predicted molar refractivity (Wildman–Crippen MR) is 67.4 cm³/mol. The van der Waals surface area contributed by atoms with E-state index in [4.69, 9.17) is 4.74 Å². The second kappa shape index (κ2) is 6.54. The van der Waals surface area contributed by atoms with Crippen molar-refractivity contribution in [2.24, 2.45) is 0 Å². The van der Waals surface area contributed by atoms with Crippen LogP contribution < -0.4 is 5.32 Å². The standard InChI is InChI=1S/C12H18F2N2OS/c1-15-8-3-2-4-9-12(8)16-11(18-9)5-6-17-7-10(13)14/h8,10,15H,2-7H2,1H3. The average Bonchev–Trinajstić information content (AvgIpc) is 2.76. The summed E-state index contributed by atoms with van der Waals surface area (Å²) >= 11 is 1.69. The van der Waals surface area contributed by atoms with Crippen molar-refractivity contribution in [2.75, 3.05) is 20.3 Å². The SMILES string of the molecule is CNC1CCCc2sc(CCOCC(F)F)nc21. The van der Waals surface area contributed by atoms with Gasteiger partial charge in [-0.3, -0.25) is 0 Å². The Morgan fingerprint density at radius 2 is 2.39 bits per heavy atom. The van der Waals surface area contributed by atoms with Gasteiger partial charge in [-0.1, -0.05) is 0 Å². The van der Waals surface area contributed by atoms with Crippen LogP contribution in [0.4, 0.5) is 8.78 Å². The van der Waals surface area contributed by atoms with E-state index in [0.29, 0.717) is 19.1 Å². The molecule has 18 heavy (non-hydrogen) atoms. The number of nitrogens with one attached hydrogen (secondary N) is 1. The van der Waals surface area contributed by atoms with E-state index in [1.807, 2.05) is 7.05 Å². The molecular weight excluding hydrogens is 258 g/mol. The summed E-state index contributed by atoms with van der Waals surface area (Å²) in [7, 11) is 1.95. The van der Waals surface area contributed by atoms with Gasteiger partial charge < -0.3 is 10.1 Å². The Balaban J connectivity index is 1.89. The zero-order valence-electron chi connectivity index (χ0n) is 10.4. The van der Waals surface area contributed by atoms with Gasteiger partial charge in [0.05, 0.1) is 23.4 Å². The minimum Gasteiger partial charge on any atom is -0.375 e. The molecule has 1 aliphatic carbocycles. The topological polar surface area (TPSA) is 34.1 Å². The summed E-state index contributed by atoms with van der Waals surface area (Å²) in [5.74, 6) is 0. The monoisotopic (exact) mass is 276 g/mol. The van der Waals surface area contributed by atoms with E-state index in [2.05, 4.69) is 10.3 Å². The van der Waals surface area contributed by atoms with Crippen LogP contribution in [0.25, 0.3) is 0 Å². The quantitative estimate of drug-likeness (QED) is 0.811. The molecule has 0 fully saturated rings. The molecule has 102 valence electrons. The number of fused-ring (bicyclic) bond motifs is 1. The van der Waals surface area contributed by atoms with Gasteiger partial charge in [0.2, 0.25) is 0 Å². The lowest BCUT2D eigenvalue weighted by atomic mass is 9.98. The number of hydrogen-bond acceptors (Lipinski definition) is 4. The summed E-state index contributed by atoms with van der Waals surface area (Å²) in [4.78, 5) is 5.95. The fourth-order valence-electron chi connectivity index (χ4n) is 2.19. The minimum atomic E-state index is -2.39. The Morgan fingerprint density at radius 1 is 1.56 bits per heavy atom. The molecule has 1 heterocycles. The molecule has 0 aliphatic heterocycles. The number of nitrogens with zero attached hydrogens (tertiary/aromatic N) is 1. The largest absolute Gasteiger partial charge is 0.375 e. The lowest BCUT2D eigenvalue weighted by molar-refractivity contribution is 0.0187. The summed E-state index contributed by atoms with van der Waals surface area (Å²) in [5.41, 5.74) is 1.15. The fraction of sp³-hybridized carbons (Fsp3) is 0.750. The summed E-state index contributed by atoms with van der Waals surface area (Å²) in [6, 6.07) is 0.348. The van der Waals surface area contributed by atoms with Crippen LogP contribution >= 0.6 is 11.3 Å². The number of hydrogen-bond donors (Lipinski definition) is 1. The van der Waals surface area contributed by atoms with Gasteiger partial charge in [0.15, 0.2) is 0 Å². The summed E-state index contributed by atoms with van der Waals surface area (Å²) in [5, 5.41) is 4.27. The van der Waals surface area contributed by atoms with Crippen molar-refractivity contribution >= 4 is 11.3 Å². The zero-order chi connectivity index (χ0) is 13.0. The molecule has 1 unspecified atom stereocenters. The van der Waals surface area contributed by atoms with Crippen LogP contribution in [-0.4, -0.2) is 31.7 Å². The summed E-state index contributed by atoms with van der Waals surface area (Å²) < 4.78 is 28.7. The van der Waals surface area contributed by atoms with Crippen LogP contribution in [-0.2, 0) is 17.6 Å². The summed E-state index contributed by atoms with van der Waals surface area (Å²) in [6.07, 6.45) is 1.63. The maximum atomic E-state index is 11.9. The average molecular weight is 276 g/mol. The van der Waals surface area contributed by atoms with Crippen LogP contribution in [0.3, 0.4) is 0 Å². The van der Waals surface area contributed by atoms with Crippen LogP contribution in [0.2, 0.25) is 0 Å². The third-order valence-corrected chi connectivity index (χ3v) is 4.24. The molecular formula is C12H18F2N2OS. The van der Waals surface area contributed by atoms with E-state index in [1.54, 1.807) is 11.3 Å². The van der Waals surface area contributed by atoms with Crippen LogP contribution in [0.5, 0.6) is 0 Å². The van der Waals surface area contributed by atoms with E-state index < -0.39 is 13.0 Å². The molecule has 0 aromatic carbocycles. The first-order valence-electron chi connectivity index (χ1n) is 6.22. The first-order chi connectivity index (χ1) is 8.70. The number of ether oxygens (including phenoxy) is 1. The van der Waals surface area contributed by atoms with Crippen molar-refractivity contribution < 1.29 is 13.5 Å². The van der Waals surface area contributed by atoms with Crippen LogP contribution in [0.15, 0.2) is 0 Å². The molecule has 0 radical (unpaired) electrons. The Hall–Kier alpha value is -0.590. The number of aromatic nitrogens is 1. The normalized spacial score (nSPS) is 19.2. The van der Waals surface area contributed by atoms with E-state index in [1.165, 1.54) is 11.3 Å². The Labute approximate surface area is 110 Å². The smallest absolute Gasteiger partial charge is 0.261 e. The number of alkyl halides is 2. The Kier molecular flexibility index (Phi) is 5.03. The molecule has 1 aromatic heterocycles. The maximum absolute atomic E-state index is 11.9. The number of aryl methyl sites for hydroxylation is 1. The van der Waals surface area contributed by atoms with Gasteiger partial charge >= 0.3 is 0 Å². The zero-order valence-corrected chi connectivity index (χ0v) is 11.2. The van der Waals surface area contributed by atoms with Crippen molar-refractivity contribution in [1.29, 1.82) is 0 Å². The molecule has 1 aromatic rings. The number of thiazole rings is 1. The highest BCUT2D eigenvalue weighted by molar-refractivity contribution is 7.11. The second-order valence-corrected chi connectivity index (χ2v) is 5.53. The first-order valence-corrected chi connectivity index (χ1v) is 7.04. The lowest BCUT2D eigenvalue weighted by Gasteiger charge is -2.19. The minimum absolute atomic E-state index is 0.320. The van der Waals surface area contributed by atoms with Gasteiger partial charge in [-0.2, -0.15) is 0 Å². The third kappa shape index (κ3) is 3.46. The molecule has 1 aliphatic rings. The molecule has 0 saturated carbocycles. The molecule has 0 saturated heterocycles. The van der Waals surface area contributed by atoms with Crippen LogP contribution in [0.1, 0.15) is 34.5 Å². The van der Waals surface area contributed by atoms with E-state index in [0.717, 1.165) is 23.5 Å². The van der Waals surface area contributed by atoms with Gasteiger partial charge in [0.25, 0.3) is 6.43 Å². The van der Waals surface area contributed by atoms with E-state index in [-0.39, 0.29) is 0 Å². The highest BCUT2D eigenvalue weighted by Gasteiger charge is 2.23. The fourth-order valence-corrected chi connectivity index (χ4v) is 3.34. The van der Waals surface area contributed by atoms with Gasteiger partial charge in [0, 0.05) is 11.3 Å². The second-order valence-electron chi connectivity index (χ2n) is 4.37.